The molecule has 112 valence electrons. The number of hydrogen-bond donors (Lipinski definition) is 2. The Morgan fingerprint density at radius 2 is 2.15 bits per heavy atom. The fraction of sp³-hybridized carbons (Fsp3) is 0.533. The van der Waals surface area contributed by atoms with E-state index in [9.17, 15) is 4.79 Å². The van der Waals surface area contributed by atoms with Gasteiger partial charge in [0.05, 0.1) is 18.9 Å². The number of anilines is 1. The lowest BCUT2D eigenvalue weighted by atomic mass is 10.1. The van der Waals surface area contributed by atoms with Crippen molar-refractivity contribution in [3.63, 3.8) is 0 Å². The molecule has 0 unspecified atom stereocenters. The molecule has 5 heteroatoms. The van der Waals surface area contributed by atoms with E-state index in [1.54, 1.807) is 18.2 Å². The van der Waals surface area contributed by atoms with Gasteiger partial charge >= 0.3 is 0 Å². The number of carbonyl (C=O) groups is 1. The number of nitrogens with two attached hydrogens (primary N) is 1. The van der Waals surface area contributed by atoms with E-state index in [4.69, 9.17) is 15.6 Å². The maximum atomic E-state index is 12.0. The topological polar surface area (TPSA) is 75.8 Å². The van der Waals surface area contributed by atoms with Gasteiger partial charge in [-0.3, -0.25) is 4.79 Å². The summed E-state index contributed by atoms with van der Waals surface area (Å²) in [6, 6.07) is 5.16. The van der Waals surface area contributed by atoms with Crippen LogP contribution in [0.15, 0.2) is 18.2 Å². The van der Waals surface area contributed by atoms with Crippen LogP contribution in [0.25, 0.3) is 0 Å². The lowest BCUT2D eigenvalue weighted by Crippen LogP contribution is -2.25. The molecular formula is C15H24N2O3. The van der Waals surface area contributed by atoms with E-state index in [2.05, 4.69) is 0 Å². The van der Waals surface area contributed by atoms with Crippen LogP contribution in [0.3, 0.4) is 0 Å². The first-order valence-electron chi connectivity index (χ1n) is 6.93. The zero-order valence-electron chi connectivity index (χ0n) is 12.3. The van der Waals surface area contributed by atoms with Gasteiger partial charge in [-0.15, -0.1) is 0 Å². The quantitative estimate of drug-likeness (QED) is 0.530. The zero-order chi connectivity index (χ0) is 15.0. The van der Waals surface area contributed by atoms with Crippen molar-refractivity contribution in [2.45, 2.75) is 19.8 Å². The Bertz CT molecular complexity index is 435. The minimum atomic E-state index is 0.0449. The van der Waals surface area contributed by atoms with E-state index in [1.165, 1.54) is 0 Å². The predicted molar refractivity (Wildman–Crippen MR) is 80.2 cm³/mol. The summed E-state index contributed by atoms with van der Waals surface area (Å²) in [5, 5.41) is 8.80. The van der Waals surface area contributed by atoms with Gasteiger partial charge in [0.2, 0.25) is 0 Å². The molecule has 0 aliphatic carbocycles. The predicted octanol–water partition coefficient (Wildman–Crippen LogP) is 1.55. The van der Waals surface area contributed by atoms with Gasteiger partial charge in [-0.2, -0.15) is 0 Å². The van der Waals surface area contributed by atoms with E-state index >= 15 is 0 Å². The first kappa shape index (κ1) is 16.5. The molecule has 0 radical (unpaired) electrons. The van der Waals surface area contributed by atoms with Gasteiger partial charge in [-0.1, -0.05) is 6.92 Å². The second-order valence-corrected chi connectivity index (χ2v) is 4.80. The summed E-state index contributed by atoms with van der Waals surface area (Å²) in [5.41, 5.74) is 6.98. The first-order valence-corrected chi connectivity index (χ1v) is 6.93. The van der Waals surface area contributed by atoms with Crippen molar-refractivity contribution in [1.29, 1.82) is 0 Å². The molecule has 5 nitrogen and oxygen atoms in total. The number of nitrogen functional groups attached to an aromatic ring is 1. The Morgan fingerprint density at radius 3 is 2.75 bits per heavy atom. The molecule has 0 aliphatic rings. The fourth-order valence-corrected chi connectivity index (χ4v) is 1.78. The van der Waals surface area contributed by atoms with Crippen LogP contribution in [0.5, 0.6) is 5.75 Å². The molecule has 0 aromatic heterocycles. The molecule has 1 aromatic rings. The van der Waals surface area contributed by atoms with Crippen molar-refractivity contribution in [1.82, 2.24) is 4.90 Å². The molecule has 0 saturated carbocycles. The van der Waals surface area contributed by atoms with Crippen LogP contribution in [0.4, 0.5) is 5.69 Å². The largest absolute Gasteiger partial charge is 0.491 e. The first-order chi connectivity index (χ1) is 9.58. The monoisotopic (exact) mass is 280 g/mol. The lowest BCUT2D eigenvalue weighted by molar-refractivity contribution is 0.0964. The summed E-state index contributed by atoms with van der Waals surface area (Å²) in [4.78, 5) is 14.0. The van der Waals surface area contributed by atoms with E-state index in [1.807, 2.05) is 18.9 Å². The van der Waals surface area contributed by atoms with Crippen LogP contribution in [-0.4, -0.2) is 49.1 Å². The van der Waals surface area contributed by atoms with Crippen molar-refractivity contribution in [3.05, 3.63) is 23.8 Å². The molecule has 0 spiro atoms. The number of aliphatic hydroxyl groups excluding tert-OH is 1. The van der Waals surface area contributed by atoms with Crippen LogP contribution in [0.1, 0.15) is 30.1 Å². The summed E-state index contributed by atoms with van der Waals surface area (Å²) in [7, 11) is 1.87. The third-order valence-electron chi connectivity index (χ3n) is 3.00. The number of ketones is 1. The second-order valence-electron chi connectivity index (χ2n) is 4.80. The summed E-state index contributed by atoms with van der Waals surface area (Å²) in [6.07, 6.45) is 1.32. The molecule has 1 aromatic carbocycles. The van der Waals surface area contributed by atoms with E-state index in [0.717, 1.165) is 6.42 Å². The molecular weight excluding hydrogens is 256 g/mol. The van der Waals surface area contributed by atoms with Crippen molar-refractivity contribution < 1.29 is 14.6 Å². The van der Waals surface area contributed by atoms with Crippen molar-refractivity contribution in [3.8, 4) is 5.75 Å². The van der Waals surface area contributed by atoms with Crippen LogP contribution >= 0.6 is 0 Å². The van der Waals surface area contributed by atoms with Gasteiger partial charge < -0.3 is 20.5 Å². The standard InChI is InChI=1S/C15H24N2O3/c1-3-10-20-15-5-4-12(11-13(15)16)14(19)6-7-17(2)8-9-18/h4-5,11,18H,3,6-10,16H2,1-2H3. The van der Waals surface area contributed by atoms with Crippen LogP contribution in [-0.2, 0) is 0 Å². The highest BCUT2D eigenvalue weighted by atomic mass is 16.5. The van der Waals surface area contributed by atoms with E-state index < -0.39 is 0 Å². The van der Waals surface area contributed by atoms with Crippen molar-refractivity contribution >= 4 is 11.5 Å². The maximum absolute atomic E-state index is 12.0. The number of ether oxygens (including phenoxy) is 1. The Balaban J connectivity index is 2.58. The molecule has 0 fully saturated rings. The lowest BCUT2D eigenvalue weighted by Gasteiger charge is -2.14. The fourth-order valence-electron chi connectivity index (χ4n) is 1.78. The smallest absolute Gasteiger partial charge is 0.164 e. The van der Waals surface area contributed by atoms with Crippen molar-refractivity contribution in [2.75, 3.05) is 39.1 Å². The molecule has 20 heavy (non-hydrogen) atoms. The summed E-state index contributed by atoms with van der Waals surface area (Å²) in [6.45, 7) is 3.92. The normalized spacial score (nSPS) is 10.8. The van der Waals surface area contributed by atoms with Gasteiger partial charge in [-0.25, -0.2) is 0 Å². The molecule has 0 saturated heterocycles. The highest BCUT2D eigenvalue weighted by Crippen LogP contribution is 2.23. The Morgan fingerprint density at radius 1 is 1.40 bits per heavy atom. The van der Waals surface area contributed by atoms with E-state index in [-0.39, 0.29) is 12.4 Å². The summed E-state index contributed by atoms with van der Waals surface area (Å²) >= 11 is 0. The Labute approximate surface area is 120 Å². The number of hydrogen-bond acceptors (Lipinski definition) is 5. The van der Waals surface area contributed by atoms with Gasteiger partial charge in [0.25, 0.3) is 0 Å². The van der Waals surface area contributed by atoms with Gasteiger partial charge in [0.1, 0.15) is 5.75 Å². The second kappa shape index (κ2) is 8.55. The third kappa shape index (κ3) is 5.19. The molecule has 0 atom stereocenters. The average Bonchev–Trinajstić information content (AvgIpc) is 2.43. The number of rotatable bonds is 9. The number of Topliss-reactive ketones (excluding diaryl/α,β-unsaturated/α-hetero) is 1. The molecule has 3 N–H and O–H groups in total. The van der Waals surface area contributed by atoms with Gasteiger partial charge in [0, 0.05) is 25.1 Å². The molecule has 0 heterocycles. The minimum absolute atomic E-state index is 0.0449. The number of likely N-dealkylation sites (N-methyl/N-ethyl adjacent to an activating group) is 1. The highest BCUT2D eigenvalue weighted by molar-refractivity contribution is 5.97. The number of carbonyl (C=O) groups excluding carboxylic acids is 1. The van der Waals surface area contributed by atoms with Crippen LogP contribution < -0.4 is 10.5 Å². The van der Waals surface area contributed by atoms with Gasteiger partial charge in [0.15, 0.2) is 5.78 Å². The zero-order valence-corrected chi connectivity index (χ0v) is 12.3. The molecule has 0 amide bonds. The van der Waals surface area contributed by atoms with Crippen LogP contribution in [0, 0.1) is 0 Å². The minimum Gasteiger partial charge on any atom is -0.491 e. The molecule has 0 bridgehead atoms. The van der Waals surface area contributed by atoms with Crippen molar-refractivity contribution in [2.24, 2.45) is 0 Å². The summed E-state index contributed by atoms with van der Waals surface area (Å²) in [5.74, 6) is 0.671. The molecule has 0 aliphatic heterocycles. The number of nitrogens with zero attached hydrogens (tertiary/aromatic N) is 1. The van der Waals surface area contributed by atoms with Crippen LogP contribution in [0.2, 0.25) is 0 Å². The molecule has 1 rings (SSSR count). The number of benzene rings is 1. The maximum Gasteiger partial charge on any atom is 0.164 e. The van der Waals surface area contributed by atoms with Gasteiger partial charge in [-0.05, 0) is 31.7 Å². The highest BCUT2D eigenvalue weighted by Gasteiger charge is 2.10. The van der Waals surface area contributed by atoms with E-state index in [0.29, 0.717) is 43.1 Å². The SMILES string of the molecule is CCCOc1ccc(C(=O)CCN(C)CCO)cc1N. The third-order valence-corrected chi connectivity index (χ3v) is 3.00. The Kier molecular flexibility index (Phi) is 7.04. The Hall–Kier alpha value is -1.59. The number of aliphatic hydroxyl groups is 1. The average molecular weight is 280 g/mol. The summed E-state index contributed by atoms with van der Waals surface area (Å²) < 4.78 is 5.48.